The number of aldehydes is 1. The summed E-state index contributed by atoms with van der Waals surface area (Å²) in [5, 5.41) is 2.00. The molecule has 1 unspecified atom stereocenters. The quantitative estimate of drug-likeness (QED) is 0.547. The van der Waals surface area contributed by atoms with E-state index in [4.69, 9.17) is 11.6 Å². The fourth-order valence-electron chi connectivity index (χ4n) is 3.34. The zero-order chi connectivity index (χ0) is 22.1. The fraction of sp³-hybridized carbons (Fsp3) is 0.474. The van der Waals surface area contributed by atoms with Crippen molar-refractivity contribution >= 4 is 34.7 Å². The van der Waals surface area contributed by atoms with E-state index in [1.54, 1.807) is 4.90 Å². The number of nitrogens with one attached hydrogen (secondary N) is 2. The van der Waals surface area contributed by atoms with E-state index in [2.05, 4.69) is 15.2 Å². The number of likely N-dealkylation sites (N-methyl/N-ethyl adjacent to an activating group) is 1. The van der Waals surface area contributed by atoms with Crippen LogP contribution in [0.3, 0.4) is 0 Å². The highest BCUT2D eigenvalue weighted by Gasteiger charge is 2.38. The van der Waals surface area contributed by atoms with E-state index in [0.717, 1.165) is 19.2 Å². The van der Waals surface area contributed by atoms with Gasteiger partial charge in [0, 0.05) is 32.6 Å². The van der Waals surface area contributed by atoms with E-state index in [-0.39, 0.29) is 29.1 Å². The molecular formula is C19H21ClF4N4O2. The minimum absolute atomic E-state index is 0.0749. The lowest BCUT2D eigenvalue weighted by molar-refractivity contribution is -0.109. The van der Waals surface area contributed by atoms with Crippen molar-refractivity contribution < 1.29 is 27.2 Å². The molecule has 11 heteroatoms. The van der Waals surface area contributed by atoms with Crippen LogP contribution in [0, 0.1) is 11.6 Å². The molecule has 164 valence electrons. The summed E-state index contributed by atoms with van der Waals surface area (Å²) in [6.07, 6.45) is 0.164. The summed E-state index contributed by atoms with van der Waals surface area (Å²) in [7, 11) is 1.97. The lowest BCUT2D eigenvalue weighted by Gasteiger charge is -2.32. The monoisotopic (exact) mass is 448 g/mol. The maximum absolute atomic E-state index is 14.4. The molecule has 0 aliphatic carbocycles. The second kappa shape index (κ2) is 8.91. The normalized spacial score (nSPS) is 21.4. The standard InChI is InChI=1S/C14H14ClF2N3O.C5H7F2NO/c1-19-4-6-20(7-5-19)14(21)13-12(17)10-9(18-13)3-2-8(16)11(10)15;6-5(7)1-4(2-9)8-3-5/h2-3,18H,4-7H2,1H3;2,4,8H,1,3H2. The third-order valence-corrected chi connectivity index (χ3v) is 5.47. The first-order chi connectivity index (χ1) is 14.1. The van der Waals surface area contributed by atoms with Crippen LogP contribution in [-0.4, -0.2) is 78.7 Å². The predicted molar refractivity (Wildman–Crippen MR) is 104 cm³/mol. The van der Waals surface area contributed by atoms with Crippen LogP contribution in [0.4, 0.5) is 17.6 Å². The maximum Gasteiger partial charge on any atom is 0.273 e. The Bertz CT molecular complexity index is 944. The van der Waals surface area contributed by atoms with Crippen molar-refractivity contribution in [3.8, 4) is 0 Å². The van der Waals surface area contributed by atoms with Gasteiger partial charge in [-0.25, -0.2) is 17.6 Å². The molecule has 6 nitrogen and oxygen atoms in total. The number of carbonyl (C=O) groups excluding carboxylic acids is 2. The molecular weight excluding hydrogens is 428 g/mol. The van der Waals surface area contributed by atoms with Crippen LogP contribution in [0.15, 0.2) is 12.1 Å². The molecule has 0 saturated carbocycles. The Morgan fingerprint density at radius 1 is 1.23 bits per heavy atom. The Labute approximate surface area is 175 Å². The van der Waals surface area contributed by atoms with Crippen LogP contribution in [0.5, 0.6) is 0 Å². The number of hydrogen-bond acceptors (Lipinski definition) is 4. The molecule has 2 aliphatic heterocycles. The molecule has 0 bridgehead atoms. The van der Waals surface area contributed by atoms with E-state index in [0.29, 0.717) is 24.9 Å². The van der Waals surface area contributed by atoms with Crippen LogP contribution in [0.2, 0.25) is 5.02 Å². The second-order valence-electron chi connectivity index (χ2n) is 7.38. The zero-order valence-corrected chi connectivity index (χ0v) is 16.9. The molecule has 2 N–H and O–H groups in total. The summed E-state index contributed by atoms with van der Waals surface area (Å²) >= 11 is 5.79. The van der Waals surface area contributed by atoms with Gasteiger partial charge in [0.1, 0.15) is 17.8 Å². The van der Waals surface area contributed by atoms with Crippen LogP contribution < -0.4 is 5.32 Å². The number of halogens is 5. The molecule has 1 aromatic carbocycles. The van der Waals surface area contributed by atoms with E-state index in [9.17, 15) is 27.2 Å². The van der Waals surface area contributed by atoms with Crippen molar-refractivity contribution in [2.45, 2.75) is 18.4 Å². The van der Waals surface area contributed by atoms with Crippen molar-refractivity contribution in [3.63, 3.8) is 0 Å². The van der Waals surface area contributed by atoms with Gasteiger partial charge in [0.15, 0.2) is 5.82 Å². The number of alkyl halides is 2. The van der Waals surface area contributed by atoms with Crippen LogP contribution in [0.1, 0.15) is 16.9 Å². The van der Waals surface area contributed by atoms with Gasteiger partial charge < -0.3 is 24.9 Å². The predicted octanol–water partition coefficient (Wildman–Crippen LogP) is 2.67. The van der Waals surface area contributed by atoms with Gasteiger partial charge in [-0.2, -0.15) is 0 Å². The molecule has 4 rings (SSSR count). The molecule has 30 heavy (non-hydrogen) atoms. The third-order valence-electron chi connectivity index (χ3n) is 5.10. The lowest BCUT2D eigenvalue weighted by atomic mass is 10.2. The number of hydrogen-bond donors (Lipinski definition) is 2. The number of rotatable bonds is 2. The molecule has 2 fully saturated rings. The smallest absolute Gasteiger partial charge is 0.273 e. The zero-order valence-electron chi connectivity index (χ0n) is 16.2. The molecule has 1 amide bonds. The molecule has 1 aromatic heterocycles. The number of aromatic nitrogens is 1. The molecule has 0 spiro atoms. The van der Waals surface area contributed by atoms with Crippen molar-refractivity contribution in [1.82, 2.24) is 20.1 Å². The van der Waals surface area contributed by atoms with E-state index in [1.165, 1.54) is 6.07 Å². The van der Waals surface area contributed by atoms with Gasteiger partial charge in [0.05, 0.1) is 28.5 Å². The highest BCUT2D eigenvalue weighted by molar-refractivity contribution is 6.35. The minimum Gasteiger partial charge on any atom is -0.348 e. The van der Waals surface area contributed by atoms with E-state index >= 15 is 0 Å². The first-order valence-corrected chi connectivity index (χ1v) is 9.70. The Hall–Kier alpha value is -2.17. The van der Waals surface area contributed by atoms with Gasteiger partial charge in [-0.15, -0.1) is 0 Å². The van der Waals surface area contributed by atoms with Gasteiger partial charge >= 0.3 is 0 Å². The number of nitrogens with zero attached hydrogens (tertiary/aromatic N) is 2. The average molecular weight is 449 g/mol. The number of carbonyl (C=O) groups is 2. The summed E-state index contributed by atoms with van der Waals surface area (Å²) < 4.78 is 52.2. The summed E-state index contributed by atoms with van der Waals surface area (Å²) in [4.78, 5) is 28.7. The Balaban J connectivity index is 0.000000239. The molecule has 2 aliphatic rings. The van der Waals surface area contributed by atoms with Crippen molar-refractivity contribution in [1.29, 1.82) is 0 Å². The van der Waals surface area contributed by atoms with E-state index < -0.39 is 29.5 Å². The van der Waals surface area contributed by atoms with Gasteiger partial charge in [0.25, 0.3) is 11.8 Å². The largest absolute Gasteiger partial charge is 0.348 e. The number of benzene rings is 1. The van der Waals surface area contributed by atoms with Crippen LogP contribution in [0.25, 0.3) is 10.9 Å². The Morgan fingerprint density at radius 3 is 2.43 bits per heavy atom. The number of H-pyrrole nitrogens is 1. The maximum atomic E-state index is 14.4. The second-order valence-corrected chi connectivity index (χ2v) is 7.75. The Morgan fingerprint density at radius 2 is 1.90 bits per heavy atom. The van der Waals surface area contributed by atoms with Crippen LogP contribution >= 0.6 is 11.6 Å². The summed E-state index contributed by atoms with van der Waals surface area (Å²) in [6.45, 7) is 2.18. The fourth-order valence-corrected chi connectivity index (χ4v) is 3.59. The first-order valence-electron chi connectivity index (χ1n) is 9.32. The summed E-state index contributed by atoms with van der Waals surface area (Å²) in [5.74, 6) is -4.60. The van der Waals surface area contributed by atoms with E-state index in [1.807, 2.05) is 7.05 Å². The number of fused-ring (bicyclic) bond motifs is 1. The molecule has 3 heterocycles. The van der Waals surface area contributed by atoms with Crippen molar-refractivity contribution in [2.24, 2.45) is 0 Å². The van der Waals surface area contributed by atoms with Crippen LogP contribution in [-0.2, 0) is 4.79 Å². The lowest BCUT2D eigenvalue weighted by Crippen LogP contribution is -2.47. The topological polar surface area (TPSA) is 68.4 Å². The summed E-state index contributed by atoms with van der Waals surface area (Å²) in [6, 6.07) is 1.88. The van der Waals surface area contributed by atoms with Gasteiger partial charge in [-0.3, -0.25) is 4.79 Å². The first kappa shape index (κ1) is 22.5. The van der Waals surface area contributed by atoms with Gasteiger partial charge in [0.2, 0.25) is 0 Å². The third kappa shape index (κ3) is 4.76. The highest BCUT2D eigenvalue weighted by Crippen LogP contribution is 2.31. The van der Waals surface area contributed by atoms with Crippen molar-refractivity contribution in [2.75, 3.05) is 39.8 Å². The number of aromatic amines is 1. The summed E-state index contributed by atoms with van der Waals surface area (Å²) in [5.41, 5.74) is 0.151. The molecule has 0 radical (unpaired) electrons. The SMILES string of the molecule is CN1CCN(C(=O)c2[nH]c3ccc(F)c(Cl)c3c2F)CC1.O=CC1CC(F)(F)CN1. The average Bonchev–Trinajstić information content (AvgIpc) is 3.24. The molecule has 2 saturated heterocycles. The molecule has 2 aromatic rings. The highest BCUT2D eigenvalue weighted by atomic mass is 35.5. The number of piperazine rings is 1. The number of amides is 1. The van der Waals surface area contributed by atoms with Gasteiger partial charge in [-0.05, 0) is 19.2 Å². The van der Waals surface area contributed by atoms with Gasteiger partial charge in [-0.1, -0.05) is 11.6 Å². The molecule has 1 atom stereocenters. The minimum atomic E-state index is -2.68. The Kier molecular flexibility index (Phi) is 6.68. The van der Waals surface area contributed by atoms with Crippen molar-refractivity contribution in [3.05, 3.63) is 34.5 Å².